The van der Waals surface area contributed by atoms with E-state index in [1.54, 1.807) is 18.2 Å². The van der Waals surface area contributed by atoms with Crippen LogP contribution in [0, 0.1) is 5.92 Å². The highest BCUT2D eigenvalue weighted by Crippen LogP contribution is 2.35. The second-order valence-electron chi connectivity index (χ2n) is 5.14. The van der Waals surface area contributed by atoms with Crippen LogP contribution in [0.15, 0.2) is 18.2 Å². The van der Waals surface area contributed by atoms with Crippen molar-refractivity contribution in [2.75, 3.05) is 23.7 Å². The number of anilines is 2. The Kier molecular flexibility index (Phi) is 2.99. The maximum atomic E-state index is 12.6. The van der Waals surface area contributed by atoms with Crippen molar-refractivity contribution in [1.29, 1.82) is 0 Å². The highest BCUT2D eigenvalue weighted by molar-refractivity contribution is 5.80. The summed E-state index contributed by atoms with van der Waals surface area (Å²) in [6.45, 7) is 0.721. The van der Waals surface area contributed by atoms with Crippen LogP contribution < -0.4 is 10.6 Å². The summed E-state index contributed by atoms with van der Waals surface area (Å²) in [5.41, 5.74) is 7.89. The van der Waals surface area contributed by atoms with E-state index in [1.165, 1.54) is 0 Å². The largest absolute Gasteiger partial charge is 0.399 e. The number of nitrogens with two attached hydrogens (primary N) is 1. The summed E-state index contributed by atoms with van der Waals surface area (Å²) in [7, 11) is 0. The van der Waals surface area contributed by atoms with Crippen LogP contribution in [0.1, 0.15) is 12.8 Å². The van der Waals surface area contributed by atoms with E-state index < -0.39 is 12.1 Å². The van der Waals surface area contributed by atoms with Gasteiger partial charge in [-0.05, 0) is 31.0 Å². The lowest BCUT2D eigenvalue weighted by Crippen LogP contribution is -2.39. The van der Waals surface area contributed by atoms with Gasteiger partial charge >= 0.3 is 6.18 Å². The number of hydrogen-bond donors (Lipinski definition) is 2. The minimum absolute atomic E-state index is 0.114. The fraction of sp³-hybridized carbons (Fsp3) is 0.462. The Balaban J connectivity index is 1.76. The van der Waals surface area contributed by atoms with Crippen molar-refractivity contribution in [3.63, 3.8) is 0 Å². The Morgan fingerprint density at radius 1 is 1.25 bits per heavy atom. The van der Waals surface area contributed by atoms with Gasteiger partial charge in [0.25, 0.3) is 0 Å². The summed E-state index contributed by atoms with van der Waals surface area (Å²) in [4.78, 5) is 9.37. The maximum absolute atomic E-state index is 12.6. The fourth-order valence-electron chi connectivity index (χ4n) is 2.58. The smallest absolute Gasteiger partial charge is 0.391 e. The minimum atomic E-state index is -4.09. The average molecular weight is 284 g/mol. The van der Waals surface area contributed by atoms with E-state index in [4.69, 9.17) is 5.73 Å². The van der Waals surface area contributed by atoms with Crippen molar-refractivity contribution in [1.82, 2.24) is 9.97 Å². The van der Waals surface area contributed by atoms with Gasteiger partial charge in [-0.2, -0.15) is 13.2 Å². The second-order valence-corrected chi connectivity index (χ2v) is 5.14. The first-order chi connectivity index (χ1) is 9.43. The number of piperidine rings is 1. The fourth-order valence-corrected chi connectivity index (χ4v) is 2.58. The number of aromatic amines is 1. The molecule has 0 amide bonds. The van der Waals surface area contributed by atoms with E-state index in [-0.39, 0.29) is 12.8 Å². The van der Waals surface area contributed by atoms with Crippen molar-refractivity contribution in [3.05, 3.63) is 18.2 Å². The van der Waals surface area contributed by atoms with Crippen LogP contribution in [0.4, 0.5) is 24.8 Å². The molecule has 2 heterocycles. The zero-order valence-electron chi connectivity index (χ0n) is 10.7. The lowest BCUT2D eigenvalue weighted by molar-refractivity contribution is -0.179. The number of H-pyrrole nitrogens is 1. The standard InChI is InChI=1S/C13H15F3N4/c14-13(15,16)8-3-5-20(6-4-8)12-18-10-2-1-9(17)7-11(10)19-12/h1-2,7-8H,3-6,17H2,(H,18,19). The van der Waals surface area contributed by atoms with Gasteiger partial charge in [0.1, 0.15) is 0 Å². The Labute approximate surface area is 113 Å². The van der Waals surface area contributed by atoms with E-state index in [0.717, 1.165) is 11.0 Å². The lowest BCUT2D eigenvalue weighted by Gasteiger charge is -2.32. The second kappa shape index (κ2) is 4.57. The molecule has 4 nitrogen and oxygen atoms in total. The van der Waals surface area contributed by atoms with E-state index >= 15 is 0 Å². The van der Waals surface area contributed by atoms with Crippen LogP contribution in [0.2, 0.25) is 0 Å². The molecule has 0 aliphatic carbocycles. The molecule has 2 aromatic rings. The molecule has 1 aromatic heterocycles. The number of hydrogen-bond acceptors (Lipinski definition) is 3. The quantitative estimate of drug-likeness (QED) is 0.792. The number of nitrogens with zero attached hydrogens (tertiary/aromatic N) is 2. The molecule has 0 unspecified atom stereocenters. The number of halogens is 3. The highest BCUT2D eigenvalue weighted by atomic mass is 19.4. The predicted molar refractivity (Wildman–Crippen MR) is 71.5 cm³/mol. The van der Waals surface area contributed by atoms with E-state index in [9.17, 15) is 13.2 Å². The Bertz CT molecular complexity index is 612. The third kappa shape index (κ3) is 2.39. The molecule has 0 saturated carbocycles. The van der Waals surface area contributed by atoms with Crippen LogP contribution in [0.25, 0.3) is 11.0 Å². The van der Waals surface area contributed by atoms with E-state index in [1.807, 2.05) is 4.90 Å². The SMILES string of the molecule is Nc1ccc2nc(N3CCC(C(F)(F)F)CC3)[nH]c2c1. The third-order valence-electron chi connectivity index (χ3n) is 3.75. The molecule has 0 spiro atoms. The van der Waals surface area contributed by atoms with E-state index in [0.29, 0.717) is 24.7 Å². The number of aromatic nitrogens is 2. The summed E-state index contributed by atoms with van der Waals surface area (Å²) < 4.78 is 37.9. The van der Waals surface area contributed by atoms with Crippen LogP contribution in [-0.2, 0) is 0 Å². The molecule has 3 N–H and O–H groups in total. The van der Waals surface area contributed by atoms with Gasteiger partial charge in [-0.1, -0.05) is 0 Å². The normalized spacial score (nSPS) is 17.9. The van der Waals surface area contributed by atoms with Gasteiger partial charge in [0.05, 0.1) is 17.0 Å². The Morgan fingerprint density at radius 3 is 2.60 bits per heavy atom. The monoisotopic (exact) mass is 284 g/mol. The predicted octanol–water partition coefficient (Wildman–Crippen LogP) is 2.92. The summed E-state index contributed by atoms with van der Waals surface area (Å²) >= 11 is 0. The zero-order valence-corrected chi connectivity index (χ0v) is 10.7. The molecule has 0 atom stereocenters. The zero-order chi connectivity index (χ0) is 14.3. The molecule has 1 saturated heterocycles. The van der Waals surface area contributed by atoms with Crippen LogP contribution in [0.3, 0.4) is 0 Å². The van der Waals surface area contributed by atoms with Crippen LogP contribution >= 0.6 is 0 Å². The first-order valence-electron chi connectivity index (χ1n) is 6.50. The van der Waals surface area contributed by atoms with Crippen molar-refractivity contribution in [2.45, 2.75) is 19.0 Å². The van der Waals surface area contributed by atoms with Gasteiger partial charge in [0, 0.05) is 18.8 Å². The molecule has 7 heteroatoms. The lowest BCUT2D eigenvalue weighted by atomic mass is 9.96. The van der Waals surface area contributed by atoms with Gasteiger partial charge in [-0.15, -0.1) is 0 Å². The van der Waals surface area contributed by atoms with Crippen molar-refractivity contribution < 1.29 is 13.2 Å². The number of alkyl halides is 3. The van der Waals surface area contributed by atoms with Gasteiger partial charge < -0.3 is 15.6 Å². The number of benzene rings is 1. The van der Waals surface area contributed by atoms with Crippen LogP contribution in [-0.4, -0.2) is 29.2 Å². The van der Waals surface area contributed by atoms with Crippen molar-refractivity contribution >= 4 is 22.7 Å². The molecule has 1 aliphatic rings. The van der Waals surface area contributed by atoms with Gasteiger partial charge in [0.15, 0.2) is 0 Å². The van der Waals surface area contributed by atoms with Crippen molar-refractivity contribution in [2.24, 2.45) is 5.92 Å². The number of imidazole rings is 1. The van der Waals surface area contributed by atoms with Gasteiger partial charge in [-0.3, -0.25) is 0 Å². The molecule has 20 heavy (non-hydrogen) atoms. The number of nitrogen functional groups attached to an aromatic ring is 1. The molecule has 1 fully saturated rings. The number of fused-ring (bicyclic) bond motifs is 1. The first kappa shape index (κ1) is 13.1. The molecule has 1 aliphatic heterocycles. The van der Waals surface area contributed by atoms with Gasteiger partial charge in [0.2, 0.25) is 5.95 Å². The molecular weight excluding hydrogens is 269 g/mol. The molecular formula is C13H15F3N4. The summed E-state index contributed by atoms with van der Waals surface area (Å²) in [6, 6.07) is 5.32. The molecule has 0 radical (unpaired) electrons. The van der Waals surface area contributed by atoms with Crippen molar-refractivity contribution in [3.8, 4) is 0 Å². The van der Waals surface area contributed by atoms with Crippen LogP contribution in [0.5, 0.6) is 0 Å². The number of rotatable bonds is 1. The molecule has 1 aromatic carbocycles. The average Bonchev–Trinajstić information content (AvgIpc) is 2.80. The maximum Gasteiger partial charge on any atom is 0.391 e. The molecule has 3 rings (SSSR count). The molecule has 108 valence electrons. The summed E-state index contributed by atoms with van der Waals surface area (Å²) in [5, 5.41) is 0. The molecule has 0 bridgehead atoms. The van der Waals surface area contributed by atoms with E-state index in [2.05, 4.69) is 9.97 Å². The van der Waals surface area contributed by atoms with Gasteiger partial charge in [-0.25, -0.2) is 4.98 Å². The Hall–Kier alpha value is -1.92. The highest BCUT2D eigenvalue weighted by Gasteiger charge is 2.41. The summed E-state index contributed by atoms with van der Waals surface area (Å²) in [5.74, 6) is -0.579. The number of nitrogens with one attached hydrogen (secondary N) is 1. The Morgan fingerprint density at radius 2 is 1.95 bits per heavy atom. The topological polar surface area (TPSA) is 57.9 Å². The first-order valence-corrected chi connectivity index (χ1v) is 6.50. The minimum Gasteiger partial charge on any atom is -0.399 e. The third-order valence-corrected chi connectivity index (χ3v) is 3.75. The summed E-state index contributed by atoms with van der Waals surface area (Å²) in [6.07, 6.45) is -3.86.